The largest absolute Gasteiger partial charge is 0.416 e. The highest BCUT2D eigenvalue weighted by Gasteiger charge is 2.31. The first kappa shape index (κ1) is 26.9. The van der Waals surface area contributed by atoms with Crippen molar-refractivity contribution in [3.8, 4) is 0 Å². The summed E-state index contributed by atoms with van der Waals surface area (Å²) in [5.41, 5.74) is 7.23. The zero-order valence-corrected chi connectivity index (χ0v) is 21.2. The zero-order valence-electron chi connectivity index (χ0n) is 21.2. The fourth-order valence-corrected chi connectivity index (χ4v) is 4.95. The molecule has 2 aliphatic heterocycles. The summed E-state index contributed by atoms with van der Waals surface area (Å²) in [4.78, 5) is 14.8. The molecule has 0 radical (unpaired) electrons. The summed E-state index contributed by atoms with van der Waals surface area (Å²) >= 11 is 0. The van der Waals surface area contributed by atoms with Crippen molar-refractivity contribution in [3.63, 3.8) is 0 Å². The normalized spacial score (nSPS) is 17.0. The van der Waals surface area contributed by atoms with Gasteiger partial charge in [-0.2, -0.15) is 28.6 Å². The summed E-state index contributed by atoms with van der Waals surface area (Å²) in [5, 5.41) is 16.0. The SMILES string of the molecule is CC1=NNN(Cc2cc(C(F)(F)F)ccc2CCC(=O)N2CCC(CCCCCc3cn[nH]n3)CC2)N1. The molecule has 37 heavy (non-hydrogen) atoms. The van der Waals surface area contributed by atoms with Crippen molar-refractivity contribution in [1.29, 1.82) is 0 Å². The topological polar surface area (TPSA) is 102 Å². The number of H-pyrrole nitrogens is 1. The lowest BCUT2D eigenvalue weighted by atomic mass is 9.90. The van der Waals surface area contributed by atoms with E-state index in [1.165, 1.54) is 24.0 Å². The minimum absolute atomic E-state index is 0.0634. The molecule has 9 nitrogen and oxygen atoms in total. The van der Waals surface area contributed by atoms with Crippen molar-refractivity contribution in [3.05, 3.63) is 46.8 Å². The number of aromatic nitrogens is 3. The third-order valence-corrected chi connectivity index (χ3v) is 7.08. The number of hydrazone groups is 1. The molecule has 0 saturated carbocycles. The number of amidine groups is 1. The molecule has 3 heterocycles. The van der Waals surface area contributed by atoms with Crippen molar-refractivity contribution in [2.45, 2.75) is 77.4 Å². The molecule has 0 unspecified atom stereocenters. The number of nitrogens with zero attached hydrogens (tertiary/aromatic N) is 5. The number of unbranched alkanes of at least 4 members (excludes halogenated alkanes) is 2. The summed E-state index contributed by atoms with van der Waals surface area (Å²) in [5.74, 6) is 1.33. The second-order valence-electron chi connectivity index (χ2n) is 9.86. The number of likely N-dealkylation sites (tertiary alicyclic amines) is 1. The fraction of sp³-hybridized carbons (Fsp3) is 0.600. The number of amides is 1. The van der Waals surface area contributed by atoms with Gasteiger partial charge in [-0.1, -0.05) is 25.3 Å². The van der Waals surface area contributed by atoms with Crippen molar-refractivity contribution < 1.29 is 18.0 Å². The lowest BCUT2D eigenvalue weighted by molar-refractivity contribution is -0.137. The van der Waals surface area contributed by atoms with Gasteiger partial charge in [0.15, 0.2) is 0 Å². The number of aryl methyl sites for hydroxylation is 2. The Morgan fingerprint density at radius 3 is 2.59 bits per heavy atom. The molecule has 0 spiro atoms. The molecule has 1 aromatic carbocycles. The van der Waals surface area contributed by atoms with E-state index in [-0.39, 0.29) is 18.9 Å². The van der Waals surface area contributed by atoms with E-state index in [4.69, 9.17) is 0 Å². The Kier molecular flexibility index (Phi) is 9.01. The van der Waals surface area contributed by atoms with Crippen molar-refractivity contribution in [1.82, 2.24) is 36.4 Å². The second kappa shape index (κ2) is 12.4. The van der Waals surface area contributed by atoms with E-state index in [1.54, 1.807) is 13.1 Å². The van der Waals surface area contributed by atoms with Crippen LogP contribution in [0.3, 0.4) is 0 Å². The van der Waals surface area contributed by atoms with Crippen LogP contribution in [-0.2, 0) is 30.4 Å². The lowest BCUT2D eigenvalue weighted by Crippen LogP contribution is -2.40. The van der Waals surface area contributed by atoms with Crippen LogP contribution >= 0.6 is 0 Å². The minimum atomic E-state index is -4.43. The van der Waals surface area contributed by atoms with Crippen LogP contribution in [0, 0.1) is 5.92 Å². The van der Waals surface area contributed by atoms with Crippen LogP contribution < -0.4 is 11.0 Å². The number of hydrazine groups is 2. The number of benzene rings is 1. The standard InChI is InChI=1S/C25H35F3N8O/c1-18-30-34-36(32-18)17-21-15-22(25(26,27)28)9-7-20(21)8-10-24(37)35-13-11-19(12-14-35)5-3-2-4-6-23-16-29-33-31-23/h7,9,15-16,19,34H,2-6,8,10-14,17H2,1H3,(H,30,32)(H,29,31,33). The van der Waals surface area contributed by atoms with Gasteiger partial charge in [0.25, 0.3) is 0 Å². The Morgan fingerprint density at radius 1 is 1.11 bits per heavy atom. The van der Waals surface area contributed by atoms with E-state index in [0.717, 1.165) is 68.6 Å². The molecule has 1 fully saturated rings. The maximum Gasteiger partial charge on any atom is 0.416 e. The number of aromatic amines is 1. The van der Waals surface area contributed by atoms with E-state index >= 15 is 0 Å². The Labute approximate surface area is 214 Å². The number of hydrogen-bond acceptors (Lipinski definition) is 7. The first-order valence-corrected chi connectivity index (χ1v) is 12.9. The molecule has 1 aromatic heterocycles. The smallest absolute Gasteiger partial charge is 0.343 e. The van der Waals surface area contributed by atoms with Gasteiger partial charge >= 0.3 is 6.18 Å². The van der Waals surface area contributed by atoms with E-state index in [1.807, 2.05) is 4.90 Å². The highest BCUT2D eigenvalue weighted by Crippen LogP contribution is 2.31. The summed E-state index contributed by atoms with van der Waals surface area (Å²) < 4.78 is 39.9. The lowest BCUT2D eigenvalue weighted by Gasteiger charge is -2.32. The molecular weight excluding hydrogens is 485 g/mol. The highest BCUT2D eigenvalue weighted by atomic mass is 19.4. The monoisotopic (exact) mass is 520 g/mol. The Morgan fingerprint density at radius 2 is 1.92 bits per heavy atom. The Balaban J connectivity index is 1.21. The van der Waals surface area contributed by atoms with E-state index in [9.17, 15) is 18.0 Å². The van der Waals surface area contributed by atoms with E-state index in [0.29, 0.717) is 23.7 Å². The number of carbonyl (C=O) groups is 1. The molecule has 12 heteroatoms. The highest BCUT2D eigenvalue weighted by molar-refractivity contribution is 5.79. The van der Waals surface area contributed by atoms with Gasteiger partial charge in [-0.05, 0) is 68.2 Å². The number of hydrogen-bond donors (Lipinski definition) is 3. The number of alkyl halides is 3. The fourth-order valence-electron chi connectivity index (χ4n) is 4.95. The quantitative estimate of drug-likeness (QED) is 0.388. The molecule has 1 amide bonds. The molecule has 0 atom stereocenters. The average Bonchev–Trinajstić information content (AvgIpc) is 3.54. The molecule has 1 saturated heterocycles. The van der Waals surface area contributed by atoms with Gasteiger partial charge in [0, 0.05) is 19.5 Å². The van der Waals surface area contributed by atoms with Gasteiger partial charge in [0.2, 0.25) is 5.91 Å². The van der Waals surface area contributed by atoms with Crippen LogP contribution in [-0.4, -0.2) is 50.3 Å². The number of carbonyl (C=O) groups excluding carboxylic acids is 1. The number of rotatable bonds is 11. The first-order chi connectivity index (χ1) is 17.8. The van der Waals surface area contributed by atoms with Gasteiger partial charge < -0.3 is 4.90 Å². The van der Waals surface area contributed by atoms with Crippen LogP contribution in [0.5, 0.6) is 0 Å². The van der Waals surface area contributed by atoms with Crippen molar-refractivity contribution in [2.24, 2.45) is 11.0 Å². The predicted molar refractivity (Wildman–Crippen MR) is 133 cm³/mol. The van der Waals surface area contributed by atoms with E-state index in [2.05, 4.69) is 31.5 Å². The van der Waals surface area contributed by atoms with Crippen LogP contribution in [0.4, 0.5) is 13.2 Å². The van der Waals surface area contributed by atoms with E-state index < -0.39 is 11.7 Å². The van der Waals surface area contributed by atoms with Gasteiger partial charge in [0.1, 0.15) is 5.84 Å². The van der Waals surface area contributed by atoms with Crippen LogP contribution in [0.1, 0.15) is 74.3 Å². The average molecular weight is 521 g/mol. The molecule has 3 N–H and O–H groups in total. The minimum Gasteiger partial charge on any atom is -0.343 e. The molecule has 2 aliphatic rings. The zero-order chi connectivity index (χ0) is 26.3. The third-order valence-electron chi connectivity index (χ3n) is 7.08. The maximum atomic E-state index is 13.3. The summed E-state index contributed by atoms with van der Waals surface area (Å²) in [6, 6.07) is 3.74. The van der Waals surface area contributed by atoms with Gasteiger partial charge in [0.05, 0.1) is 24.0 Å². The number of piperidine rings is 1. The summed E-state index contributed by atoms with van der Waals surface area (Å²) in [7, 11) is 0. The summed E-state index contributed by atoms with van der Waals surface area (Å²) in [6.07, 6.45) is 5.59. The molecule has 2 aromatic rings. The number of nitrogens with one attached hydrogen (secondary N) is 3. The van der Waals surface area contributed by atoms with Crippen LogP contribution in [0.15, 0.2) is 29.5 Å². The molecular formula is C25H35F3N8O. The first-order valence-electron chi connectivity index (χ1n) is 12.9. The van der Waals surface area contributed by atoms with Gasteiger partial charge in [-0.3, -0.25) is 10.2 Å². The third kappa shape index (κ3) is 7.91. The molecule has 202 valence electrons. The summed E-state index contributed by atoms with van der Waals surface area (Å²) in [6.45, 7) is 3.43. The molecule has 0 aliphatic carbocycles. The molecule has 4 rings (SSSR count). The maximum absolute atomic E-state index is 13.3. The number of halogens is 3. The molecule has 0 bridgehead atoms. The Bertz CT molecular complexity index is 1050. The van der Waals surface area contributed by atoms with Crippen molar-refractivity contribution in [2.75, 3.05) is 13.1 Å². The second-order valence-corrected chi connectivity index (χ2v) is 9.86. The van der Waals surface area contributed by atoms with Crippen LogP contribution in [0.2, 0.25) is 0 Å². The Hall–Kier alpha value is -3.15. The predicted octanol–water partition coefficient (Wildman–Crippen LogP) is 3.96. The van der Waals surface area contributed by atoms with Crippen LogP contribution in [0.25, 0.3) is 0 Å². The van der Waals surface area contributed by atoms with Gasteiger partial charge in [-0.25, -0.2) is 5.53 Å². The van der Waals surface area contributed by atoms with Gasteiger partial charge in [-0.15, -0.1) is 10.2 Å². The van der Waals surface area contributed by atoms with Crippen molar-refractivity contribution >= 4 is 11.7 Å².